The van der Waals surface area contributed by atoms with E-state index in [2.05, 4.69) is 25.6 Å². The molecule has 118 valence electrons. The lowest BCUT2D eigenvalue weighted by Crippen LogP contribution is -2.35. The predicted molar refractivity (Wildman–Crippen MR) is 79.7 cm³/mol. The van der Waals surface area contributed by atoms with Crippen molar-refractivity contribution in [3.63, 3.8) is 0 Å². The molecule has 0 saturated heterocycles. The van der Waals surface area contributed by atoms with Crippen LogP contribution in [0.1, 0.15) is 39.6 Å². The number of nitrogens with one attached hydrogen (secondary N) is 1. The second-order valence-electron chi connectivity index (χ2n) is 5.61. The van der Waals surface area contributed by atoms with E-state index in [4.69, 9.17) is 16.3 Å². The second kappa shape index (κ2) is 6.27. The fourth-order valence-corrected chi connectivity index (χ4v) is 1.79. The van der Waals surface area contributed by atoms with Crippen LogP contribution in [-0.2, 0) is 4.74 Å². The average Bonchev–Trinajstić information content (AvgIpc) is 2.86. The smallest absolute Gasteiger partial charge is 0.408 e. The first kappa shape index (κ1) is 16.2. The molecule has 0 spiro atoms. The van der Waals surface area contributed by atoms with Gasteiger partial charge in [0.05, 0.1) is 6.04 Å². The van der Waals surface area contributed by atoms with E-state index in [0.29, 0.717) is 11.6 Å². The van der Waals surface area contributed by atoms with Gasteiger partial charge in [-0.3, -0.25) is 0 Å². The number of rotatable bonds is 3. The van der Waals surface area contributed by atoms with Gasteiger partial charge in [0.15, 0.2) is 16.8 Å². The van der Waals surface area contributed by atoms with E-state index in [0.717, 1.165) is 0 Å². The van der Waals surface area contributed by atoms with Crippen molar-refractivity contribution in [2.75, 3.05) is 0 Å². The van der Waals surface area contributed by atoms with E-state index in [1.165, 1.54) is 11.0 Å². The standard InChI is InChI=1S/C13H17ClN6O2/c1-8(17-12(21)22-13(2,3)4)11-15-7-16-20(11)10-6-5-9(14)18-19-10/h5-8H,1-4H3,(H,17,21). The monoisotopic (exact) mass is 324 g/mol. The molecule has 0 fully saturated rings. The van der Waals surface area contributed by atoms with E-state index >= 15 is 0 Å². The van der Waals surface area contributed by atoms with Crippen molar-refractivity contribution < 1.29 is 9.53 Å². The van der Waals surface area contributed by atoms with Gasteiger partial charge in [-0.15, -0.1) is 10.2 Å². The maximum absolute atomic E-state index is 11.8. The van der Waals surface area contributed by atoms with Gasteiger partial charge in [-0.2, -0.15) is 9.78 Å². The van der Waals surface area contributed by atoms with Gasteiger partial charge in [0, 0.05) is 0 Å². The van der Waals surface area contributed by atoms with Crippen molar-refractivity contribution >= 4 is 17.7 Å². The predicted octanol–water partition coefficient (Wildman–Crippen LogP) is 2.30. The van der Waals surface area contributed by atoms with Gasteiger partial charge >= 0.3 is 6.09 Å². The van der Waals surface area contributed by atoms with Crippen molar-refractivity contribution in [3.8, 4) is 5.82 Å². The summed E-state index contributed by atoms with van der Waals surface area (Å²) in [7, 11) is 0. The van der Waals surface area contributed by atoms with Crippen LogP contribution in [0.4, 0.5) is 4.79 Å². The quantitative estimate of drug-likeness (QED) is 0.930. The topological polar surface area (TPSA) is 94.8 Å². The maximum atomic E-state index is 11.8. The van der Waals surface area contributed by atoms with Crippen LogP contribution in [0.15, 0.2) is 18.5 Å². The van der Waals surface area contributed by atoms with E-state index in [9.17, 15) is 4.79 Å². The molecule has 0 bridgehead atoms. The Labute approximate surface area is 132 Å². The lowest BCUT2D eigenvalue weighted by Gasteiger charge is -2.21. The van der Waals surface area contributed by atoms with Crippen LogP contribution in [0.3, 0.4) is 0 Å². The van der Waals surface area contributed by atoms with Crippen LogP contribution < -0.4 is 5.32 Å². The zero-order valence-electron chi connectivity index (χ0n) is 12.7. The Balaban J connectivity index is 2.15. The number of alkyl carbamates (subject to hydrolysis) is 1. The average molecular weight is 325 g/mol. The molecule has 9 heteroatoms. The first-order valence-electron chi connectivity index (χ1n) is 6.65. The molecule has 2 aromatic rings. The highest BCUT2D eigenvalue weighted by molar-refractivity contribution is 6.29. The van der Waals surface area contributed by atoms with Crippen molar-refractivity contribution in [1.29, 1.82) is 0 Å². The summed E-state index contributed by atoms with van der Waals surface area (Å²) in [5, 5.41) is 14.8. The van der Waals surface area contributed by atoms with Gasteiger partial charge in [0.2, 0.25) is 0 Å². The highest BCUT2D eigenvalue weighted by Crippen LogP contribution is 2.15. The van der Waals surface area contributed by atoms with Gasteiger partial charge < -0.3 is 10.1 Å². The summed E-state index contributed by atoms with van der Waals surface area (Å²) in [6, 6.07) is 2.84. The Morgan fingerprint density at radius 2 is 2.09 bits per heavy atom. The molecule has 0 radical (unpaired) electrons. The van der Waals surface area contributed by atoms with Gasteiger partial charge in [0.1, 0.15) is 11.9 Å². The molecule has 1 N–H and O–H groups in total. The highest BCUT2D eigenvalue weighted by atomic mass is 35.5. The van der Waals surface area contributed by atoms with Crippen molar-refractivity contribution in [2.45, 2.75) is 39.3 Å². The molecule has 0 saturated carbocycles. The fourth-order valence-electron chi connectivity index (χ4n) is 1.69. The minimum atomic E-state index is -0.570. The van der Waals surface area contributed by atoms with Crippen LogP contribution in [-0.4, -0.2) is 36.7 Å². The molecule has 2 aromatic heterocycles. The van der Waals surface area contributed by atoms with E-state index in [1.807, 2.05) is 0 Å². The third-order valence-corrected chi connectivity index (χ3v) is 2.73. The minimum absolute atomic E-state index is 0.283. The molecule has 1 unspecified atom stereocenters. The highest BCUT2D eigenvalue weighted by Gasteiger charge is 2.21. The maximum Gasteiger partial charge on any atom is 0.408 e. The summed E-state index contributed by atoms with van der Waals surface area (Å²) < 4.78 is 6.69. The molecule has 2 rings (SSSR count). The molecule has 0 aliphatic rings. The number of ether oxygens (including phenoxy) is 1. The van der Waals surface area contributed by atoms with Crippen LogP contribution in [0.5, 0.6) is 0 Å². The van der Waals surface area contributed by atoms with E-state index < -0.39 is 17.7 Å². The number of halogens is 1. The third kappa shape index (κ3) is 4.14. The molecule has 8 nitrogen and oxygen atoms in total. The first-order valence-corrected chi connectivity index (χ1v) is 7.03. The molecule has 0 aliphatic carbocycles. The number of amides is 1. The van der Waals surface area contributed by atoms with Crippen LogP contribution in [0.25, 0.3) is 5.82 Å². The number of carbonyl (C=O) groups excluding carboxylic acids is 1. The molecule has 1 atom stereocenters. The van der Waals surface area contributed by atoms with Crippen molar-refractivity contribution in [1.82, 2.24) is 30.3 Å². The lowest BCUT2D eigenvalue weighted by atomic mass is 10.2. The van der Waals surface area contributed by atoms with Gasteiger partial charge in [-0.05, 0) is 39.8 Å². The number of nitrogens with zero attached hydrogens (tertiary/aromatic N) is 5. The van der Waals surface area contributed by atoms with E-state index in [1.54, 1.807) is 39.8 Å². The molecule has 0 aliphatic heterocycles. The van der Waals surface area contributed by atoms with Crippen LogP contribution in [0, 0.1) is 0 Å². The van der Waals surface area contributed by atoms with Crippen LogP contribution in [0.2, 0.25) is 5.15 Å². The zero-order chi connectivity index (χ0) is 16.3. The first-order chi connectivity index (χ1) is 10.3. The molecular formula is C13H17ClN6O2. The summed E-state index contributed by atoms with van der Waals surface area (Å²) in [6.45, 7) is 7.16. The number of aromatic nitrogens is 5. The molecule has 2 heterocycles. The minimum Gasteiger partial charge on any atom is -0.444 e. The molecule has 0 aromatic carbocycles. The van der Waals surface area contributed by atoms with Gasteiger partial charge in [-0.1, -0.05) is 11.6 Å². The van der Waals surface area contributed by atoms with Crippen LogP contribution >= 0.6 is 11.6 Å². The molecular weight excluding hydrogens is 308 g/mol. The summed E-state index contributed by atoms with van der Waals surface area (Å²) in [5.74, 6) is 0.956. The summed E-state index contributed by atoms with van der Waals surface area (Å²) in [5.41, 5.74) is -0.570. The van der Waals surface area contributed by atoms with Gasteiger partial charge in [0.25, 0.3) is 0 Å². The lowest BCUT2D eigenvalue weighted by molar-refractivity contribution is 0.0505. The normalized spacial score (nSPS) is 12.8. The largest absolute Gasteiger partial charge is 0.444 e. The number of hydrogen-bond donors (Lipinski definition) is 1. The fraction of sp³-hybridized carbons (Fsp3) is 0.462. The third-order valence-electron chi connectivity index (χ3n) is 2.53. The van der Waals surface area contributed by atoms with Crippen molar-refractivity contribution in [2.24, 2.45) is 0 Å². The Hall–Kier alpha value is -2.22. The summed E-state index contributed by atoms with van der Waals surface area (Å²) in [6.07, 6.45) is 0.843. The van der Waals surface area contributed by atoms with E-state index in [-0.39, 0.29) is 5.15 Å². The Kier molecular flexibility index (Phi) is 4.60. The second-order valence-corrected chi connectivity index (χ2v) is 6.00. The molecule has 22 heavy (non-hydrogen) atoms. The number of carbonyl (C=O) groups is 1. The summed E-state index contributed by atoms with van der Waals surface area (Å²) in [4.78, 5) is 16.0. The van der Waals surface area contributed by atoms with Crippen molar-refractivity contribution in [3.05, 3.63) is 29.4 Å². The zero-order valence-corrected chi connectivity index (χ0v) is 13.5. The Morgan fingerprint density at radius 3 is 2.68 bits per heavy atom. The van der Waals surface area contributed by atoms with Gasteiger partial charge in [-0.25, -0.2) is 9.78 Å². The Morgan fingerprint density at radius 1 is 1.36 bits per heavy atom. The molecule has 1 amide bonds. The SMILES string of the molecule is CC(NC(=O)OC(C)(C)C)c1ncnn1-c1ccc(Cl)nn1. The Bertz CT molecular complexity index is 649. The summed E-state index contributed by atoms with van der Waals surface area (Å²) >= 11 is 5.71. The number of hydrogen-bond acceptors (Lipinski definition) is 6.